The summed E-state index contributed by atoms with van der Waals surface area (Å²) >= 11 is 0. The minimum Gasteiger partial charge on any atom is -0.490 e. The van der Waals surface area contributed by atoms with Crippen molar-refractivity contribution in [3.63, 3.8) is 0 Å². The maximum Gasteiger partial charge on any atom is 0.269 e. The van der Waals surface area contributed by atoms with Crippen molar-refractivity contribution in [3.05, 3.63) is 60.2 Å². The smallest absolute Gasteiger partial charge is 0.269 e. The molecule has 2 aromatic rings. The molecule has 0 spiro atoms. The molecule has 0 saturated carbocycles. The number of nitrogens with one attached hydrogen (secondary N) is 1. The normalized spacial score (nSPS) is 10.3. The Morgan fingerprint density at radius 3 is 2.32 bits per heavy atom. The lowest BCUT2D eigenvalue weighted by Crippen LogP contribution is -2.36. The average Bonchev–Trinajstić information content (AvgIpc) is 2.52. The van der Waals surface area contributed by atoms with Crippen molar-refractivity contribution >= 4 is 5.91 Å². The molecule has 2 aromatic carbocycles. The van der Waals surface area contributed by atoms with Crippen LogP contribution in [0, 0.1) is 0 Å². The zero-order valence-corrected chi connectivity index (χ0v) is 12.8. The molecule has 0 aliphatic heterocycles. The van der Waals surface area contributed by atoms with Crippen molar-refractivity contribution in [2.75, 3.05) is 27.3 Å². The molecule has 0 unspecified atom stereocenters. The summed E-state index contributed by atoms with van der Waals surface area (Å²) in [6.45, 7) is 0.773. The van der Waals surface area contributed by atoms with Crippen LogP contribution in [0.1, 0.15) is 10.4 Å². The van der Waals surface area contributed by atoms with Crippen molar-refractivity contribution < 1.29 is 14.3 Å². The number of ether oxygens (including phenoxy) is 2. The van der Waals surface area contributed by atoms with Crippen LogP contribution in [0.3, 0.4) is 0 Å². The highest BCUT2D eigenvalue weighted by atomic mass is 16.5. The van der Waals surface area contributed by atoms with Crippen molar-refractivity contribution in [2.45, 2.75) is 0 Å². The third-order valence-corrected chi connectivity index (χ3v) is 2.81. The van der Waals surface area contributed by atoms with E-state index in [2.05, 4.69) is 5.43 Å². The summed E-state index contributed by atoms with van der Waals surface area (Å²) in [5.41, 5.74) is 3.20. The van der Waals surface area contributed by atoms with E-state index in [4.69, 9.17) is 9.47 Å². The fraction of sp³-hybridized carbons (Fsp3) is 0.235. The molecule has 116 valence electrons. The van der Waals surface area contributed by atoms with E-state index in [1.165, 1.54) is 0 Å². The molecule has 1 N–H and O–H groups in total. The van der Waals surface area contributed by atoms with Crippen LogP contribution in [-0.4, -0.2) is 38.2 Å². The molecule has 5 nitrogen and oxygen atoms in total. The second kappa shape index (κ2) is 8.05. The van der Waals surface area contributed by atoms with Crippen LogP contribution >= 0.6 is 0 Å². The fourth-order valence-electron chi connectivity index (χ4n) is 1.87. The number of amides is 1. The standard InChI is InChI=1S/C17H20N2O3/c1-19(2)18-17(20)15-10-6-7-11-16(15)22-13-12-21-14-8-4-3-5-9-14/h3-11H,12-13H2,1-2H3,(H,18,20). The summed E-state index contributed by atoms with van der Waals surface area (Å²) in [6.07, 6.45) is 0. The number of nitrogens with zero attached hydrogens (tertiary/aromatic N) is 1. The van der Waals surface area contributed by atoms with Gasteiger partial charge in [0.15, 0.2) is 0 Å². The molecule has 0 aliphatic carbocycles. The van der Waals surface area contributed by atoms with Gasteiger partial charge in [-0.15, -0.1) is 0 Å². The van der Waals surface area contributed by atoms with Gasteiger partial charge in [-0.2, -0.15) is 0 Å². The quantitative estimate of drug-likeness (QED) is 0.630. The second-order valence-electron chi connectivity index (χ2n) is 4.84. The predicted octanol–water partition coefficient (Wildman–Crippen LogP) is 2.35. The van der Waals surface area contributed by atoms with Crippen LogP contribution in [0.5, 0.6) is 11.5 Å². The minimum absolute atomic E-state index is 0.204. The second-order valence-corrected chi connectivity index (χ2v) is 4.84. The Bertz CT molecular complexity index is 600. The number of hydrogen-bond acceptors (Lipinski definition) is 4. The molecular formula is C17H20N2O3. The van der Waals surface area contributed by atoms with Gasteiger partial charge in [0.2, 0.25) is 0 Å². The van der Waals surface area contributed by atoms with Crippen molar-refractivity contribution in [1.29, 1.82) is 0 Å². The van der Waals surface area contributed by atoms with Gasteiger partial charge in [0.25, 0.3) is 5.91 Å². The van der Waals surface area contributed by atoms with E-state index in [9.17, 15) is 4.79 Å². The van der Waals surface area contributed by atoms with Gasteiger partial charge in [-0.3, -0.25) is 10.2 Å². The lowest BCUT2D eigenvalue weighted by molar-refractivity contribution is 0.0851. The van der Waals surface area contributed by atoms with E-state index < -0.39 is 0 Å². The van der Waals surface area contributed by atoms with Gasteiger partial charge < -0.3 is 9.47 Å². The van der Waals surface area contributed by atoms with Gasteiger partial charge in [-0.05, 0) is 24.3 Å². The molecule has 5 heteroatoms. The number of benzene rings is 2. The molecule has 22 heavy (non-hydrogen) atoms. The van der Waals surface area contributed by atoms with E-state index in [1.807, 2.05) is 36.4 Å². The SMILES string of the molecule is CN(C)NC(=O)c1ccccc1OCCOc1ccccc1. The summed E-state index contributed by atoms with van der Waals surface area (Å²) in [6, 6.07) is 16.7. The molecule has 0 atom stereocenters. The molecule has 0 fully saturated rings. The van der Waals surface area contributed by atoms with Crippen LogP contribution in [0.2, 0.25) is 0 Å². The first-order chi connectivity index (χ1) is 10.7. The number of carbonyl (C=O) groups is 1. The Morgan fingerprint density at radius 2 is 1.59 bits per heavy atom. The third kappa shape index (κ3) is 4.79. The number of para-hydroxylation sites is 2. The number of carbonyl (C=O) groups excluding carboxylic acids is 1. The van der Waals surface area contributed by atoms with Crippen LogP contribution in [0.4, 0.5) is 0 Å². The monoisotopic (exact) mass is 300 g/mol. The lowest BCUT2D eigenvalue weighted by atomic mass is 10.2. The van der Waals surface area contributed by atoms with E-state index in [1.54, 1.807) is 37.3 Å². The molecule has 0 saturated heterocycles. The molecule has 2 rings (SSSR count). The van der Waals surface area contributed by atoms with Crippen LogP contribution in [-0.2, 0) is 0 Å². The Kier molecular flexibility index (Phi) is 5.80. The van der Waals surface area contributed by atoms with Crippen molar-refractivity contribution in [3.8, 4) is 11.5 Å². The van der Waals surface area contributed by atoms with Gasteiger partial charge in [0, 0.05) is 14.1 Å². The van der Waals surface area contributed by atoms with Crippen LogP contribution in [0.25, 0.3) is 0 Å². The van der Waals surface area contributed by atoms with Gasteiger partial charge >= 0.3 is 0 Å². The molecule has 0 bridgehead atoms. The molecule has 1 amide bonds. The summed E-state index contributed by atoms with van der Waals surface area (Å²) < 4.78 is 11.2. The molecule has 0 heterocycles. The number of rotatable bonds is 7. The Balaban J connectivity index is 1.88. The zero-order chi connectivity index (χ0) is 15.8. The summed E-state index contributed by atoms with van der Waals surface area (Å²) in [5.74, 6) is 1.13. The minimum atomic E-state index is -0.204. The first-order valence-electron chi connectivity index (χ1n) is 7.05. The lowest BCUT2D eigenvalue weighted by Gasteiger charge is -2.15. The number of hydrogen-bond donors (Lipinski definition) is 1. The number of hydrazine groups is 1. The zero-order valence-electron chi connectivity index (χ0n) is 12.8. The molecule has 0 radical (unpaired) electrons. The summed E-state index contributed by atoms with van der Waals surface area (Å²) in [7, 11) is 3.52. The molecular weight excluding hydrogens is 280 g/mol. The van der Waals surface area contributed by atoms with Gasteiger partial charge in [0.1, 0.15) is 24.7 Å². The summed E-state index contributed by atoms with van der Waals surface area (Å²) in [5, 5.41) is 1.59. The Morgan fingerprint density at radius 1 is 0.955 bits per heavy atom. The van der Waals surface area contributed by atoms with Crippen molar-refractivity contribution in [2.24, 2.45) is 0 Å². The van der Waals surface area contributed by atoms with E-state index in [0.29, 0.717) is 24.5 Å². The van der Waals surface area contributed by atoms with E-state index in [-0.39, 0.29) is 5.91 Å². The van der Waals surface area contributed by atoms with Crippen LogP contribution in [0.15, 0.2) is 54.6 Å². The topological polar surface area (TPSA) is 50.8 Å². The fourth-order valence-corrected chi connectivity index (χ4v) is 1.87. The summed E-state index contributed by atoms with van der Waals surface area (Å²) in [4.78, 5) is 12.1. The third-order valence-electron chi connectivity index (χ3n) is 2.81. The first kappa shape index (κ1) is 15.9. The molecule has 0 aromatic heterocycles. The highest BCUT2D eigenvalue weighted by molar-refractivity contribution is 5.96. The largest absolute Gasteiger partial charge is 0.490 e. The van der Waals surface area contributed by atoms with E-state index in [0.717, 1.165) is 5.75 Å². The van der Waals surface area contributed by atoms with Gasteiger partial charge in [-0.1, -0.05) is 30.3 Å². The van der Waals surface area contributed by atoms with Crippen molar-refractivity contribution in [1.82, 2.24) is 10.4 Å². The average molecular weight is 300 g/mol. The van der Waals surface area contributed by atoms with Crippen LogP contribution < -0.4 is 14.9 Å². The van der Waals surface area contributed by atoms with Gasteiger partial charge in [-0.25, -0.2) is 5.01 Å². The molecule has 0 aliphatic rings. The highest BCUT2D eigenvalue weighted by Crippen LogP contribution is 2.18. The maximum absolute atomic E-state index is 12.1. The Labute approximate surface area is 130 Å². The predicted molar refractivity (Wildman–Crippen MR) is 85.0 cm³/mol. The highest BCUT2D eigenvalue weighted by Gasteiger charge is 2.12. The maximum atomic E-state index is 12.1. The first-order valence-corrected chi connectivity index (χ1v) is 7.05. The Hall–Kier alpha value is -2.53. The van der Waals surface area contributed by atoms with Gasteiger partial charge in [0.05, 0.1) is 5.56 Å². The van der Waals surface area contributed by atoms with E-state index >= 15 is 0 Å².